The zero-order valence-corrected chi connectivity index (χ0v) is 9.59. The van der Waals surface area contributed by atoms with E-state index in [2.05, 4.69) is 4.98 Å². The number of nitrogens with two attached hydrogens (primary N) is 1. The van der Waals surface area contributed by atoms with Crippen molar-refractivity contribution in [3.05, 3.63) is 23.4 Å². The van der Waals surface area contributed by atoms with Crippen molar-refractivity contribution in [2.45, 2.75) is 33.3 Å². The Bertz CT molecular complexity index is 380. The van der Waals surface area contributed by atoms with Crippen LogP contribution in [0.15, 0.2) is 12.1 Å². The predicted molar refractivity (Wildman–Crippen MR) is 60.4 cm³/mol. The first-order valence-corrected chi connectivity index (χ1v) is 4.80. The minimum Gasteiger partial charge on any atom is -0.472 e. The number of nitrogens with zero attached hydrogens (tertiary/aromatic N) is 1. The minimum atomic E-state index is -0.297. The molecule has 0 spiro atoms. The maximum absolute atomic E-state index is 7.35. The van der Waals surface area contributed by atoms with Gasteiger partial charge in [0.05, 0.1) is 0 Å². The highest BCUT2D eigenvalue weighted by Crippen LogP contribution is 2.17. The minimum absolute atomic E-state index is 0.0271. The molecule has 0 saturated heterocycles. The van der Waals surface area contributed by atoms with Gasteiger partial charge in [0.1, 0.15) is 11.4 Å². The molecule has 82 valence electrons. The van der Waals surface area contributed by atoms with E-state index in [1.165, 1.54) is 0 Å². The number of ether oxygens (including phenoxy) is 1. The molecule has 3 N–H and O–H groups in total. The van der Waals surface area contributed by atoms with Crippen LogP contribution < -0.4 is 10.5 Å². The summed E-state index contributed by atoms with van der Waals surface area (Å²) in [4.78, 5) is 4.23. The molecule has 0 atom stereocenters. The number of rotatable bonds is 2. The molecule has 0 bridgehead atoms. The third-order valence-corrected chi connectivity index (χ3v) is 1.65. The summed E-state index contributed by atoms with van der Waals surface area (Å²) in [6.07, 6.45) is 0. The van der Waals surface area contributed by atoms with Crippen LogP contribution in [0.25, 0.3) is 0 Å². The van der Waals surface area contributed by atoms with Crippen molar-refractivity contribution in [1.82, 2.24) is 4.98 Å². The SMILES string of the molecule is Cc1cc(C(=N)N)cc(OC(C)(C)C)n1. The maximum Gasteiger partial charge on any atom is 0.214 e. The fourth-order valence-corrected chi connectivity index (χ4v) is 1.16. The summed E-state index contributed by atoms with van der Waals surface area (Å²) in [7, 11) is 0. The molecule has 0 radical (unpaired) electrons. The Labute approximate surface area is 90.0 Å². The summed E-state index contributed by atoms with van der Waals surface area (Å²) >= 11 is 0. The van der Waals surface area contributed by atoms with Crippen LogP contribution in [0.2, 0.25) is 0 Å². The Morgan fingerprint density at radius 2 is 2.00 bits per heavy atom. The van der Waals surface area contributed by atoms with Crippen LogP contribution in [0.4, 0.5) is 0 Å². The fraction of sp³-hybridized carbons (Fsp3) is 0.455. The van der Waals surface area contributed by atoms with E-state index in [1.807, 2.05) is 27.7 Å². The smallest absolute Gasteiger partial charge is 0.214 e. The van der Waals surface area contributed by atoms with Crippen molar-refractivity contribution >= 4 is 5.84 Å². The number of aryl methyl sites for hydroxylation is 1. The standard InChI is InChI=1S/C11H17N3O/c1-7-5-8(10(12)13)6-9(14-7)15-11(2,3)4/h5-6H,1-4H3,(H3,12,13). The van der Waals surface area contributed by atoms with Crippen LogP contribution in [-0.4, -0.2) is 16.4 Å². The lowest BCUT2D eigenvalue weighted by Crippen LogP contribution is -2.24. The van der Waals surface area contributed by atoms with Crippen molar-refractivity contribution in [3.63, 3.8) is 0 Å². The van der Waals surface area contributed by atoms with Crippen molar-refractivity contribution in [2.75, 3.05) is 0 Å². The van der Waals surface area contributed by atoms with Gasteiger partial charge in [-0.15, -0.1) is 0 Å². The second kappa shape index (κ2) is 3.88. The van der Waals surface area contributed by atoms with Crippen LogP contribution in [0, 0.1) is 12.3 Å². The van der Waals surface area contributed by atoms with E-state index < -0.39 is 0 Å². The van der Waals surface area contributed by atoms with Crippen molar-refractivity contribution in [3.8, 4) is 5.88 Å². The Morgan fingerprint density at radius 1 is 1.40 bits per heavy atom. The number of hydrogen-bond donors (Lipinski definition) is 2. The molecular weight excluding hydrogens is 190 g/mol. The van der Waals surface area contributed by atoms with E-state index in [0.717, 1.165) is 5.69 Å². The fourth-order valence-electron chi connectivity index (χ4n) is 1.16. The summed E-state index contributed by atoms with van der Waals surface area (Å²) in [6, 6.07) is 3.44. The van der Waals surface area contributed by atoms with Gasteiger partial charge in [-0.05, 0) is 33.8 Å². The number of pyridine rings is 1. The van der Waals surface area contributed by atoms with Crippen LogP contribution in [-0.2, 0) is 0 Å². The predicted octanol–water partition coefficient (Wildman–Crippen LogP) is 1.85. The van der Waals surface area contributed by atoms with Crippen molar-refractivity contribution < 1.29 is 4.74 Å². The average Bonchev–Trinajstić information content (AvgIpc) is 1.99. The molecule has 0 aliphatic heterocycles. The van der Waals surface area contributed by atoms with Gasteiger partial charge in [-0.25, -0.2) is 4.98 Å². The highest BCUT2D eigenvalue weighted by molar-refractivity contribution is 5.95. The lowest BCUT2D eigenvalue weighted by Gasteiger charge is -2.20. The van der Waals surface area contributed by atoms with Gasteiger partial charge < -0.3 is 10.5 Å². The van der Waals surface area contributed by atoms with E-state index in [9.17, 15) is 0 Å². The number of nitrogens with one attached hydrogen (secondary N) is 1. The van der Waals surface area contributed by atoms with Gasteiger partial charge in [0, 0.05) is 17.3 Å². The first kappa shape index (κ1) is 11.5. The third-order valence-electron chi connectivity index (χ3n) is 1.65. The van der Waals surface area contributed by atoms with Crippen LogP contribution in [0.1, 0.15) is 32.0 Å². The lowest BCUT2D eigenvalue weighted by molar-refractivity contribution is 0.124. The number of nitrogen functional groups attached to an aromatic ring is 1. The van der Waals surface area contributed by atoms with Gasteiger partial charge in [0.15, 0.2) is 0 Å². The Balaban J connectivity index is 3.04. The van der Waals surface area contributed by atoms with Gasteiger partial charge in [-0.3, -0.25) is 5.41 Å². The van der Waals surface area contributed by atoms with Crippen LogP contribution in [0.3, 0.4) is 0 Å². The summed E-state index contributed by atoms with van der Waals surface area (Å²) in [5.41, 5.74) is 6.55. The highest BCUT2D eigenvalue weighted by atomic mass is 16.5. The van der Waals surface area contributed by atoms with E-state index >= 15 is 0 Å². The molecule has 0 amide bonds. The summed E-state index contributed by atoms with van der Waals surface area (Å²) in [5, 5.41) is 7.35. The second-order valence-corrected chi connectivity index (χ2v) is 4.46. The second-order valence-electron chi connectivity index (χ2n) is 4.46. The molecule has 0 saturated carbocycles. The Hall–Kier alpha value is -1.58. The molecule has 0 aliphatic carbocycles. The van der Waals surface area contributed by atoms with Gasteiger partial charge >= 0.3 is 0 Å². The molecule has 1 heterocycles. The van der Waals surface area contributed by atoms with Gasteiger partial charge in [-0.1, -0.05) is 0 Å². The maximum atomic E-state index is 7.35. The van der Waals surface area contributed by atoms with Crippen molar-refractivity contribution in [2.24, 2.45) is 5.73 Å². The zero-order valence-electron chi connectivity index (χ0n) is 9.59. The molecule has 0 aromatic carbocycles. The number of aromatic nitrogens is 1. The molecule has 1 aromatic heterocycles. The van der Waals surface area contributed by atoms with Crippen LogP contribution >= 0.6 is 0 Å². The average molecular weight is 207 g/mol. The molecule has 15 heavy (non-hydrogen) atoms. The molecular formula is C11H17N3O. The lowest BCUT2D eigenvalue weighted by atomic mass is 10.2. The van der Waals surface area contributed by atoms with E-state index in [0.29, 0.717) is 11.4 Å². The van der Waals surface area contributed by atoms with Crippen LogP contribution in [0.5, 0.6) is 5.88 Å². The summed E-state index contributed by atoms with van der Waals surface area (Å²) in [5.74, 6) is 0.534. The largest absolute Gasteiger partial charge is 0.472 e. The summed E-state index contributed by atoms with van der Waals surface area (Å²) in [6.45, 7) is 7.70. The molecule has 0 aliphatic rings. The van der Waals surface area contributed by atoms with E-state index in [-0.39, 0.29) is 11.4 Å². The molecule has 4 nitrogen and oxygen atoms in total. The Kier molecular flexibility index (Phi) is 2.98. The highest BCUT2D eigenvalue weighted by Gasteiger charge is 2.13. The van der Waals surface area contributed by atoms with E-state index in [1.54, 1.807) is 12.1 Å². The molecule has 1 aromatic rings. The quantitative estimate of drug-likeness (QED) is 0.574. The topological polar surface area (TPSA) is 72.0 Å². The third kappa shape index (κ3) is 3.58. The number of hydrogen-bond acceptors (Lipinski definition) is 3. The first-order chi connectivity index (χ1) is 6.78. The van der Waals surface area contributed by atoms with Gasteiger partial charge in [0.2, 0.25) is 5.88 Å². The van der Waals surface area contributed by atoms with Gasteiger partial charge in [-0.2, -0.15) is 0 Å². The molecule has 0 unspecified atom stereocenters. The monoisotopic (exact) mass is 207 g/mol. The normalized spacial score (nSPS) is 11.2. The van der Waals surface area contributed by atoms with Crippen molar-refractivity contribution in [1.29, 1.82) is 5.41 Å². The molecule has 1 rings (SSSR count). The Morgan fingerprint density at radius 3 is 2.47 bits per heavy atom. The van der Waals surface area contributed by atoms with E-state index in [4.69, 9.17) is 15.9 Å². The zero-order chi connectivity index (χ0) is 11.6. The molecule has 4 heteroatoms. The van der Waals surface area contributed by atoms with Gasteiger partial charge in [0.25, 0.3) is 0 Å². The first-order valence-electron chi connectivity index (χ1n) is 4.80. The summed E-state index contributed by atoms with van der Waals surface area (Å²) < 4.78 is 5.61. The molecule has 0 fully saturated rings. The number of amidine groups is 1.